The SMILES string of the molecule is CCc1noc(C)c1C(=O)N1CCCc2cc(S(C)(=O)=O)ccc21. The van der Waals surface area contributed by atoms with Crippen molar-refractivity contribution < 1.29 is 17.7 Å². The van der Waals surface area contributed by atoms with Crippen molar-refractivity contribution in [1.82, 2.24) is 5.16 Å². The topological polar surface area (TPSA) is 80.5 Å². The molecule has 24 heavy (non-hydrogen) atoms. The predicted molar refractivity (Wildman–Crippen MR) is 90.2 cm³/mol. The molecule has 1 aliphatic heterocycles. The minimum absolute atomic E-state index is 0.140. The van der Waals surface area contributed by atoms with E-state index in [-0.39, 0.29) is 10.8 Å². The molecule has 0 spiro atoms. The van der Waals surface area contributed by atoms with Gasteiger partial charge in [-0.2, -0.15) is 0 Å². The second kappa shape index (κ2) is 6.05. The Morgan fingerprint density at radius 1 is 1.38 bits per heavy atom. The lowest BCUT2D eigenvalue weighted by Gasteiger charge is -2.29. The highest BCUT2D eigenvalue weighted by Gasteiger charge is 2.29. The number of carbonyl (C=O) groups is 1. The van der Waals surface area contributed by atoms with Gasteiger partial charge in [-0.25, -0.2) is 8.42 Å². The summed E-state index contributed by atoms with van der Waals surface area (Å²) in [7, 11) is -3.26. The molecule has 6 nitrogen and oxygen atoms in total. The van der Waals surface area contributed by atoms with Crippen molar-refractivity contribution in [1.29, 1.82) is 0 Å². The Hall–Kier alpha value is -2.15. The van der Waals surface area contributed by atoms with Crippen LogP contribution in [0.2, 0.25) is 0 Å². The quantitative estimate of drug-likeness (QED) is 0.851. The number of sulfone groups is 1. The highest BCUT2D eigenvalue weighted by Crippen LogP contribution is 2.31. The van der Waals surface area contributed by atoms with Crippen LogP contribution in [-0.2, 0) is 22.7 Å². The highest BCUT2D eigenvalue weighted by molar-refractivity contribution is 7.90. The Balaban J connectivity index is 2.04. The Morgan fingerprint density at radius 2 is 2.12 bits per heavy atom. The molecule has 1 amide bonds. The maximum atomic E-state index is 13.0. The maximum absolute atomic E-state index is 13.0. The van der Waals surface area contributed by atoms with E-state index < -0.39 is 9.84 Å². The van der Waals surface area contributed by atoms with Crippen LogP contribution >= 0.6 is 0 Å². The molecule has 1 aromatic heterocycles. The summed E-state index contributed by atoms with van der Waals surface area (Å²) in [6, 6.07) is 4.95. The normalized spacial score (nSPS) is 14.5. The third-order valence-electron chi connectivity index (χ3n) is 4.33. The van der Waals surface area contributed by atoms with Crippen molar-refractivity contribution in [3.63, 3.8) is 0 Å². The molecule has 0 saturated heterocycles. The van der Waals surface area contributed by atoms with Crippen LogP contribution in [0.3, 0.4) is 0 Å². The van der Waals surface area contributed by atoms with Crippen molar-refractivity contribution in [2.45, 2.75) is 38.0 Å². The van der Waals surface area contributed by atoms with Gasteiger partial charge in [0.2, 0.25) is 0 Å². The zero-order valence-corrected chi connectivity index (χ0v) is 14.8. The molecule has 1 aromatic carbocycles. The molecule has 2 aromatic rings. The Bertz CT molecular complexity index is 899. The number of anilines is 1. The molecule has 1 aliphatic rings. The van der Waals surface area contributed by atoms with Gasteiger partial charge in [-0.05, 0) is 49.9 Å². The summed E-state index contributed by atoms with van der Waals surface area (Å²) < 4.78 is 28.7. The molecule has 7 heteroatoms. The van der Waals surface area contributed by atoms with E-state index in [2.05, 4.69) is 5.16 Å². The number of nitrogens with zero attached hydrogens (tertiary/aromatic N) is 2. The van der Waals surface area contributed by atoms with Gasteiger partial charge in [0, 0.05) is 18.5 Å². The van der Waals surface area contributed by atoms with E-state index in [1.165, 1.54) is 6.26 Å². The third kappa shape index (κ3) is 2.84. The summed E-state index contributed by atoms with van der Waals surface area (Å²) in [5.41, 5.74) is 2.81. The number of rotatable bonds is 3. The molecule has 0 N–H and O–H groups in total. The molecular weight excluding hydrogens is 328 g/mol. The van der Waals surface area contributed by atoms with Crippen LogP contribution in [0.4, 0.5) is 5.69 Å². The maximum Gasteiger partial charge on any atom is 0.263 e. The second-order valence-corrected chi connectivity index (χ2v) is 8.05. The van der Waals surface area contributed by atoms with Crippen LogP contribution < -0.4 is 4.90 Å². The van der Waals surface area contributed by atoms with Gasteiger partial charge >= 0.3 is 0 Å². The second-order valence-electron chi connectivity index (χ2n) is 6.04. The molecule has 0 unspecified atom stereocenters. The minimum atomic E-state index is -3.26. The van der Waals surface area contributed by atoms with Crippen LogP contribution in [0.1, 0.15) is 40.7 Å². The van der Waals surface area contributed by atoms with Gasteiger partial charge < -0.3 is 9.42 Å². The van der Waals surface area contributed by atoms with Gasteiger partial charge in [-0.3, -0.25) is 4.79 Å². The Morgan fingerprint density at radius 3 is 2.79 bits per heavy atom. The van der Waals surface area contributed by atoms with E-state index in [4.69, 9.17) is 4.52 Å². The summed E-state index contributed by atoms with van der Waals surface area (Å²) in [4.78, 5) is 15.0. The number of hydrogen-bond acceptors (Lipinski definition) is 5. The third-order valence-corrected chi connectivity index (χ3v) is 5.44. The largest absolute Gasteiger partial charge is 0.361 e. The van der Waals surface area contributed by atoms with Gasteiger partial charge in [-0.1, -0.05) is 12.1 Å². The van der Waals surface area contributed by atoms with Crippen LogP contribution in [-0.4, -0.2) is 32.3 Å². The average Bonchev–Trinajstić information content (AvgIpc) is 2.93. The lowest BCUT2D eigenvalue weighted by Crippen LogP contribution is -2.36. The first-order chi connectivity index (χ1) is 11.3. The lowest BCUT2D eigenvalue weighted by atomic mass is 10.00. The standard InChI is InChI=1S/C17H20N2O4S/c1-4-14-16(11(2)23-18-14)17(20)19-9-5-6-12-10-13(24(3,21)22)7-8-15(12)19/h7-8,10H,4-6,9H2,1-3H3. The van der Waals surface area contributed by atoms with E-state index in [1.807, 2.05) is 6.92 Å². The van der Waals surface area contributed by atoms with Crippen molar-refractivity contribution in [2.75, 3.05) is 17.7 Å². The van der Waals surface area contributed by atoms with Crippen LogP contribution in [0.15, 0.2) is 27.6 Å². The number of benzene rings is 1. The van der Waals surface area contributed by atoms with E-state index in [1.54, 1.807) is 30.0 Å². The van der Waals surface area contributed by atoms with Crippen LogP contribution in [0.5, 0.6) is 0 Å². The number of aryl methyl sites for hydroxylation is 3. The number of hydrogen-bond donors (Lipinski definition) is 0. The smallest absolute Gasteiger partial charge is 0.263 e. The van der Waals surface area contributed by atoms with Crippen molar-refractivity contribution in [3.8, 4) is 0 Å². The molecule has 2 heterocycles. The molecule has 128 valence electrons. The minimum Gasteiger partial charge on any atom is -0.361 e. The molecule has 0 atom stereocenters. The highest BCUT2D eigenvalue weighted by atomic mass is 32.2. The molecule has 0 saturated carbocycles. The molecule has 0 bridgehead atoms. The summed E-state index contributed by atoms with van der Waals surface area (Å²) >= 11 is 0. The fraction of sp³-hybridized carbons (Fsp3) is 0.412. The molecular formula is C17H20N2O4S. The summed E-state index contributed by atoms with van der Waals surface area (Å²) in [5, 5.41) is 3.95. The molecule has 0 aliphatic carbocycles. The van der Waals surface area contributed by atoms with E-state index in [0.717, 1.165) is 24.1 Å². The van der Waals surface area contributed by atoms with Gasteiger partial charge in [0.25, 0.3) is 5.91 Å². The van der Waals surface area contributed by atoms with E-state index in [9.17, 15) is 13.2 Å². The fourth-order valence-corrected chi connectivity index (χ4v) is 3.76. The van der Waals surface area contributed by atoms with Gasteiger partial charge in [0.1, 0.15) is 11.3 Å². The number of aromatic nitrogens is 1. The van der Waals surface area contributed by atoms with Gasteiger partial charge in [0.15, 0.2) is 9.84 Å². The number of carbonyl (C=O) groups excluding carboxylic acids is 1. The first-order valence-electron chi connectivity index (χ1n) is 7.93. The fourth-order valence-electron chi connectivity index (χ4n) is 3.08. The summed E-state index contributed by atoms with van der Waals surface area (Å²) in [5.74, 6) is 0.371. The Labute approximate surface area is 141 Å². The monoisotopic (exact) mass is 348 g/mol. The van der Waals surface area contributed by atoms with Gasteiger partial charge in [-0.15, -0.1) is 0 Å². The average molecular weight is 348 g/mol. The Kier molecular flexibility index (Phi) is 4.21. The number of fused-ring (bicyclic) bond motifs is 1. The van der Waals surface area contributed by atoms with Crippen molar-refractivity contribution in [2.24, 2.45) is 0 Å². The first-order valence-corrected chi connectivity index (χ1v) is 9.82. The number of amides is 1. The molecule has 3 rings (SSSR count). The lowest BCUT2D eigenvalue weighted by molar-refractivity contribution is 0.0983. The predicted octanol–water partition coefficient (Wildman–Crippen LogP) is 2.54. The summed E-state index contributed by atoms with van der Waals surface area (Å²) in [6.07, 6.45) is 3.35. The van der Waals surface area contributed by atoms with E-state index >= 15 is 0 Å². The molecule has 0 radical (unpaired) electrons. The zero-order valence-electron chi connectivity index (χ0n) is 14.0. The van der Waals surface area contributed by atoms with E-state index in [0.29, 0.717) is 30.0 Å². The van der Waals surface area contributed by atoms with Crippen molar-refractivity contribution in [3.05, 3.63) is 40.8 Å². The summed E-state index contributed by atoms with van der Waals surface area (Å²) in [6.45, 7) is 4.26. The molecule has 0 fully saturated rings. The first kappa shape index (κ1) is 16.7. The zero-order chi connectivity index (χ0) is 17.5. The van der Waals surface area contributed by atoms with Crippen molar-refractivity contribution >= 4 is 21.4 Å². The van der Waals surface area contributed by atoms with Crippen LogP contribution in [0.25, 0.3) is 0 Å². The van der Waals surface area contributed by atoms with Crippen LogP contribution in [0, 0.1) is 6.92 Å². The van der Waals surface area contributed by atoms with Gasteiger partial charge in [0.05, 0.1) is 10.6 Å².